The molecule has 0 saturated heterocycles. The van der Waals surface area contributed by atoms with Gasteiger partial charge in [0.25, 0.3) is 0 Å². The molecule has 0 saturated carbocycles. The van der Waals surface area contributed by atoms with E-state index in [2.05, 4.69) is 54.6 Å². The zero-order valence-electron chi connectivity index (χ0n) is 13.0. The van der Waals surface area contributed by atoms with Crippen LogP contribution in [0.3, 0.4) is 0 Å². The number of nitrogens with zero attached hydrogens (tertiary/aromatic N) is 2. The van der Waals surface area contributed by atoms with Gasteiger partial charge < -0.3 is 5.32 Å². The Bertz CT molecular complexity index is 557. The largest absolute Gasteiger partial charge is 0.308 e. The molecule has 2 rings (SSSR count). The first-order valence-electron chi connectivity index (χ1n) is 7.40. The van der Waals surface area contributed by atoms with Gasteiger partial charge in [0.1, 0.15) is 0 Å². The molecule has 0 bridgehead atoms. The number of hydrogen-bond acceptors (Lipinski definition) is 2. The molecule has 0 aliphatic rings. The van der Waals surface area contributed by atoms with Gasteiger partial charge in [0.15, 0.2) is 0 Å². The van der Waals surface area contributed by atoms with Crippen molar-refractivity contribution in [2.24, 2.45) is 7.05 Å². The summed E-state index contributed by atoms with van der Waals surface area (Å²) in [6, 6.07) is 11.1. The summed E-state index contributed by atoms with van der Waals surface area (Å²) >= 11 is 0. The summed E-state index contributed by atoms with van der Waals surface area (Å²) < 4.78 is 2.00. The van der Waals surface area contributed by atoms with E-state index >= 15 is 0 Å². The van der Waals surface area contributed by atoms with Gasteiger partial charge in [-0.1, -0.05) is 31.2 Å². The maximum absolute atomic E-state index is 4.48. The Balaban J connectivity index is 2.24. The summed E-state index contributed by atoms with van der Waals surface area (Å²) in [5, 5.41) is 8.14. The Hall–Kier alpha value is -1.61. The Kier molecular flexibility index (Phi) is 4.96. The van der Waals surface area contributed by atoms with Gasteiger partial charge in [-0.2, -0.15) is 5.10 Å². The SMILES string of the molecule is CCCNC(Cc1ccccc1C)c1cc(C)nn1C. The van der Waals surface area contributed by atoms with Crippen LogP contribution in [0, 0.1) is 13.8 Å². The lowest BCUT2D eigenvalue weighted by atomic mass is 9.99. The molecule has 0 aliphatic carbocycles. The van der Waals surface area contributed by atoms with E-state index in [0.29, 0.717) is 6.04 Å². The molecule has 0 fully saturated rings. The van der Waals surface area contributed by atoms with Crippen LogP contribution >= 0.6 is 0 Å². The number of aryl methyl sites for hydroxylation is 3. The molecule has 3 heteroatoms. The Morgan fingerprint density at radius 1 is 1.25 bits per heavy atom. The third-order valence-corrected chi connectivity index (χ3v) is 3.72. The minimum absolute atomic E-state index is 0.322. The average Bonchev–Trinajstić information content (AvgIpc) is 2.75. The van der Waals surface area contributed by atoms with E-state index in [1.54, 1.807) is 0 Å². The molecule has 3 nitrogen and oxygen atoms in total. The fraction of sp³-hybridized carbons (Fsp3) is 0.471. The van der Waals surface area contributed by atoms with Crippen LogP contribution in [0.2, 0.25) is 0 Å². The van der Waals surface area contributed by atoms with Crippen LogP contribution in [-0.4, -0.2) is 16.3 Å². The molecule has 0 radical (unpaired) electrons. The first kappa shape index (κ1) is 14.8. The smallest absolute Gasteiger partial charge is 0.0597 e. The molecule has 20 heavy (non-hydrogen) atoms. The lowest BCUT2D eigenvalue weighted by Gasteiger charge is -2.20. The lowest BCUT2D eigenvalue weighted by Crippen LogP contribution is -2.26. The van der Waals surface area contributed by atoms with Gasteiger partial charge in [0, 0.05) is 7.05 Å². The van der Waals surface area contributed by atoms with Crippen LogP contribution in [0.15, 0.2) is 30.3 Å². The fourth-order valence-corrected chi connectivity index (χ4v) is 2.62. The van der Waals surface area contributed by atoms with E-state index in [1.807, 2.05) is 18.7 Å². The van der Waals surface area contributed by atoms with Gasteiger partial charge in [-0.05, 0) is 50.4 Å². The van der Waals surface area contributed by atoms with Crippen LogP contribution in [0.4, 0.5) is 0 Å². The van der Waals surface area contributed by atoms with Crippen LogP contribution in [0.1, 0.15) is 41.9 Å². The van der Waals surface area contributed by atoms with Gasteiger partial charge in [0.2, 0.25) is 0 Å². The monoisotopic (exact) mass is 271 g/mol. The van der Waals surface area contributed by atoms with E-state index in [9.17, 15) is 0 Å². The summed E-state index contributed by atoms with van der Waals surface area (Å²) in [6.07, 6.45) is 2.15. The van der Waals surface area contributed by atoms with Crippen LogP contribution in [0.5, 0.6) is 0 Å². The summed E-state index contributed by atoms with van der Waals surface area (Å²) in [6.45, 7) is 7.46. The molecule has 1 atom stereocenters. The number of aromatic nitrogens is 2. The van der Waals surface area contributed by atoms with E-state index in [1.165, 1.54) is 16.8 Å². The van der Waals surface area contributed by atoms with Crippen molar-refractivity contribution in [3.8, 4) is 0 Å². The van der Waals surface area contributed by atoms with Gasteiger partial charge in [-0.3, -0.25) is 4.68 Å². The van der Waals surface area contributed by atoms with Crippen molar-refractivity contribution in [2.75, 3.05) is 6.54 Å². The van der Waals surface area contributed by atoms with E-state index in [-0.39, 0.29) is 0 Å². The molecule has 1 unspecified atom stereocenters. The molecule has 108 valence electrons. The quantitative estimate of drug-likeness (QED) is 0.873. The van der Waals surface area contributed by atoms with Gasteiger partial charge in [0.05, 0.1) is 17.4 Å². The molecule has 1 N–H and O–H groups in total. The van der Waals surface area contributed by atoms with Gasteiger partial charge in [-0.15, -0.1) is 0 Å². The fourth-order valence-electron chi connectivity index (χ4n) is 2.62. The Labute approximate surface area is 122 Å². The maximum Gasteiger partial charge on any atom is 0.0597 e. The minimum Gasteiger partial charge on any atom is -0.308 e. The van der Waals surface area contributed by atoms with E-state index in [4.69, 9.17) is 0 Å². The molecular weight excluding hydrogens is 246 g/mol. The highest BCUT2D eigenvalue weighted by molar-refractivity contribution is 5.28. The Morgan fingerprint density at radius 2 is 2.00 bits per heavy atom. The first-order valence-corrected chi connectivity index (χ1v) is 7.40. The summed E-state index contributed by atoms with van der Waals surface area (Å²) in [4.78, 5) is 0. The Morgan fingerprint density at radius 3 is 2.60 bits per heavy atom. The van der Waals surface area contributed by atoms with Crippen molar-refractivity contribution < 1.29 is 0 Å². The van der Waals surface area contributed by atoms with Crippen molar-refractivity contribution in [1.82, 2.24) is 15.1 Å². The topological polar surface area (TPSA) is 29.9 Å². The van der Waals surface area contributed by atoms with E-state index in [0.717, 1.165) is 25.1 Å². The number of rotatable bonds is 6. The highest BCUT2D eigenvalue weighted by atomic mass is 15.3. The van der Waals surface area contributed by atoms with Crippen molar-refractivity contribution in [3.63, 3.8) is 0 Å². The zero-order chi connectivity index (χ0) is 14.5. The van der Waals surface area contributed by atoms with Crippen molar-refractivity contribution >= 4 is 0 Å². The standard InChI is InChI=1S/C17H25N3/c1-5-10-18-16(17-11-14(3)19-20(17)4)12-15-9-7-6-8-13(15)2/h6-9,11,16,18H,5,10,12H2,1-4H3. The number of benzene rings is 1. The third kappa shape index (κ3) is 3.48. The molecular formula is C17H25N3. The molecule has 2 aromatic rings. The van der Waals surface area contributed by atoms with Crippen molar-refractivity contribution in [1.29, 1.82) is 0 Å². The van der Waals surface area contributed by atoms with Crippen LogP contribution < -0.4 is 5.32 Å². The lowest BCUT2D eigenvalue weighted by molar-refractivity contribution is 0.492. The highest BCUT2D eigenvalue weighted by Crippen LogP contribution is 2.21. The number of nitrogens with one attached hydrogen (secondary N) is 1. The molecule has 0 spiro atoms. The first-order chi connectivity index (χ1) is 9.61. The average molecular weight is 271 g/mol. The summed E-state index contributed by atoms with van der Waals surface area (Å²) in [5.41, 5.74) is 5.10. The second-order valence-corrected chi connectivity index (χ2v) is 5.47. The normalized spacial score (nSPS) is 12.6. The molecule has 0 amide bonds. The summed E-state index contributed by atoms with van der Waals surface area (Å²) in [5.74, 6) is 0. The minimum atomic E-state index is 0.322. The van der Waals surface area contributed by atoms with Crippen molar-refractivity contribution in [2.45, 2.75) is 39.7 Å². The summed E-state index contributed by atoms with van der Waals surface area (Å²) in [7, 11) is 2.03. The molecule has 0 aliphatic heterocycles. The highest BCUT2D eigenvalue weighted by Gasteiger charge is 2.16. The second-order valence-electron chi connectivity index (χ2n) is 5.47. The predicted octanol–water partition coefficient (Wildman–Crippen LogP) is 3.32. The molecule has 1 aromatic heterocycles. The van der Waals surface area contributed by atoms with Gasteiger partial charge in [-0.25, -0.2) is 0 Å². The zero-order valence-corrected chi connectivity index (χ0v) is 13.0. The maximum atomic E-state index is 4.48. The third-order valence-electron chi connectivity index (χ3n) is 3.72. The predicted molar refractivity (Wildman–Crippen MR) is 83.9 cm³/mol. The number of hydrogen-bond donors (Lipinski definition) is 1. The van der Waals surface area contributed by atoms with Crippen molar-refractivity contribution in [3.05, 3.63) is 52.8 Å². The van der Waals surface area contributed by atoms with Crippen LogP contribution in [0.25, 0.3) is 0 Å². The molecule has 1 heterocycles. The molecule has 1 aromatic carbocycles. The second kappa shape index (κ2) is 6.71. The van der Waals surface area contributed by atoms with Gasteiger partial charge >= 0.3 is 0 Å². The van der Waals surface area contributed by atoms with E-state index < -0.39 is 0 Å². The van der Waals surface area contributed by atoms with Crippen LogP contribution in [-0.2, 0) is 13.5 Å².